The number of imidazole rings is 1. The number of hydrogen-bond donors (Lipinski definition) is 2. The first-order valence-electron chi connectivity index (χ1n) is 12.5. The summed E-state index contributed by atoms with van der Waals surface area (Å²) in [5, 5.41) is 10.3. The van der Waals surface area contributed by atoms with Crippen LogP contribution in [0.5, 0.6) is 0 Å². The second-order valence-electron chi connectivity index (χ2n) is 9.44. The molecular formula is C30H19N7OS. The molecule has 0 atom stereocenters. The average molecular weight is 526 g/mol. The lowest BCUT2D eigenvalue weighted by molar-refractivity contribution is 0.0924. The lowest BCUT2D eigenvalue weighted by Crippen LogP contribution is -2.14. The number of thiophene rings is 1. The molecule has 6 heterocycles. The van der Waals surface area contributed by atoms with Crippen LogP contribution in [0.3, 0.4) is 0 Å². The van der Waals surface area contributed by atoms with E-state index >= 15 is 0 Å². The van der Waals surface area contributed by atoms with E-state index in [1.165, 1.54) is 0 Å². The molecule has 0 aliphatic rings. The number of hydrogen-bond acceptors (Lipinski definition) is 6. The summed E-state index contributed by atoms with van der Waals surface area (Å²) in [6.07, 6.45) is 5.52. The molecule has 2 N–H and O–H groups in total. The molecule has 0 saturated heterocycles. The number of pyridine rings is 2. The minimum atomic E-state index is -0.0429. The molecule has 186 valence electrons. The SMILES string of the molecule is O=C(Cc1ccccc1)n1c2cncc(c2)c2cc3c(cn2)[nH]nc3c2nc3c(cccc3c3ccc1s3)[nH]2. The van der Waals surface area contributed by atoms with Gasteiger partial charge in [0.15, 0.2) is 5.65 Å². The number of fused-ring (bicyclic) bond motifs is 9. The van der Waals surface area contributed by atoms with Crippen molar-refractivity contribution in [1.82, 2.24) is 34.7 Å². The molecule has 0 aliphatic carbocycles. The van der Waals surface area contributed by atoms with Crippen LogP contribution in [0.15, 0.2) is 91.4 Å². The maximum Gasteiger partial charge on any atom is 0.236 e. The Balaban J connectivity index is 1.54. The molecule has 8 aromatic rings. The van der Waals surface area contributed by atoms with Crippen LogP contribution in [0.1, 0.15) is 10.4 Å². The number of nitrogens with one attached hydrogen (secondary N) is 2. The van der Waals surface area contributed by atoms with Gasteiger partial charge in [0.2, 0.25) is 5.91 Å². The number of benzene rings is 2. The number of rotatable bonds is 2. The topological polar surface area (TPSA) is 105 Å². The molecule has 2 aromatic carbocycles. The van der Waals surface area contributed by atoms with Crippen LogP contribution >= 0.6 is 11.3 Å². The molecule has 9 heteroatoms. The largest absolute Gasteiger partial charge is 0.337 e. The first-order chi connectivity index (χ1) is 19.2. The lowest BCUT2D eigenvalue weighted by atomic mass is 10.1. The molecular weight excluding hydrogens is 506 g/mol. The van der Waals surface area contributed by atoms with Crippen LogP contribution in [0.4, 0.5) is 0 Å². The Morgan fingerprint density at radius 3 is 2.72 bits per heavy atom. The van der Waals surface area contributed by atoms with Crippen LogP contribution in [-0.2, 0) is 6.42 Å². The highest BCUT2D eigenvalue weighted by atomic mass is 32.1. The van der Waals surface area contributed by atoms with Gasteiger partial charge < -0.3 is 4.98 Å². The van der Waals surface area contributed by atoms with Crippen LogP contribution in [-0.4, -0.2) is 40.6 Å². The number of para-hydroxylation sites is 1. The van der Waals surface area contributed by atoms with Gasteiger partial charge in [0.05, 0.1) is 46.4 Å². The fraction of sp³-hybridized carbons (Fsp3) is 0.0333. The van der Waals surface area contributed by atoms with Gasteiger partial charge >= 0.3 is 0 Å². The van der Waals surface area contributed by atoms with Crippen molar-refractivity contribution in [3.05, 3.63) is 97.0 Å². The van der Waals surface area contributed by atoms with Crippen molar-refractivity contribution in [2.24, 2.45) is 0 Å². The zero-order valence-corrected chi connectivity index (χ0v) is 21.2. The first kappa shape index (κ1) is 21.9. The number of carbonyl (C=O) groups excluding carboxylic acids is 1. The Kier molecular flexibility index (Phi) is 4.74. The van der Waals surface area contributed by atoms with Crippen molar-refractivity contribution in [2.45, 2.75) is 6.42 Å². The highest BCUT2D eigenvalue weighted by Gasteiger charge is 2.13. The van der Waals surface area contributed by atoms with Gasteiger partial charge in [-0.25, -0.2) is 4.98 Å². The first-order valence-corrected chi connectivity index (χ1v) is 13.3. The monoisotopic (exact) mass is 525 g/mol. The molecule has 0 aliphatic heterocycles. The summed E-state index contributed by atoms with van der Waals surface area (Å²) in [5.41, 5.74) is 6.35. The fourth-order valence-corrected chi connectivity index (χ4v) is 6.20. The van der Waals surface area contributed by atoms with Gasteiger partial charge in [0.25, 0.3) is 0 Å². The van der Waals surface area contributed by atoms with Crippen molar-refractivity contribution in [3.8, 4) is 0 Å². The maximum absolute atomic E-state index is 13.9. The van der Waals surface area contributed by atoms with Crippen molar-refractivity contribution >= 4 is 81.7 Å². The van der Waals surface area contributed by atoms with Crippen LogP contribution in [0, 0.1) is 0 Å². The highest BCUT2D eigenvalue weighted by Crippen LogP contribution is 2.30. The number of aromatic nitrogens is 7. The van der Waals surface area contributed by atoms with E-state index in [4.69, 9.17) is 4.98 Å². The molecule has 0 unspecified atom stereocenters. The Morgan fingerprint density at radius 2 is 1.79 bits per heavy atom. The smallest absolute Gasteiger partial charge is 0.236 e. The molecule has 0 radical (unpaired) electrons. The summed E-state index contributed by atoms with van der Waals surface area (Å²) in [6, 6.07) is 23.9. The predicted molar refractivity (Wildman–Crippen MR) is 156 cm³/mol. The Bertz CT molecular complexity index is 2290. The van der Waals surface area contributed by atoms with Crippen LogP contribution in [0.2, 0.25) is 0 Å². The molecule has 39 heavy (non-hydrogen) atoms. The van der Waals surface area contributed by atoms with E-state index in [0.29, 0.717) is 11.2 Å². The number of H-pyrrole nitrogens is 2. The summed E-state index contributed by atoms with van der Waals surface area (Å²) in [7, 11) is 0. The number of carbonyl (C=O) groups is 1. The molecule has 6 aromatic heterocycles. The average Bonchev–Trinajstić information content (AvgIpc) is 3.71. The normalized spacial score (nSPS) is 11.8. The van der Waals surface area contributed by atoms with Crippen molar-refractivity contribution in [2.75, 3.05) is 0 Å². The lowest BCUT2D eigenvalue weighted by Gasteiger charge is -2.08. The third-order valence-electron chi connectivity index (χ3n) is 6.99. The summed E-state index contributed by atoms with van der Waals surface area (Å²) in [6.45, 7) is 0. The van der Waals surface area contributed by atoms with E-state index in [0.717, 1.165) is 58.8 Å². The standard InChI is InChI=1S/C30H19N7OS/c38-26(11-17-5-2-1-3-6-17)37-19-12-18(14-31-15-19)23-13-21-24(16-32-23)35-36-29(21)30-33-22-8-4-7-20(28(22)34-30)25-9-10-27(37)39-25/h1-10,12-16H,11H2,(H,33,34)(H,35,36). The molecule has 8 nitrogen and oxygen atoms in total. The Labute approximate surface area is 224 Å². The van der Waals surface area contributed by atoms with Crippen molar-refractivity contribution in [1.29, 1.82) is 0 Å². The molecule has 0 amide bonds. The van der Waals surface area contributed by atoms with E-state index in [1.54, 1.807) is 34.5 Å². The summed E-state index contributed by atoms with van der Waals surface area (Å²) in [5.74, 6) is -0.0429. The third kappa shape index (κ3) is 3.55. The predicted octanol–water partition coefficient (Wildman–Crippen LogP) is 6.71. The van der Waals surface area contributed by atoms with Crippen molar-refractivity contribution in [3.63, 3.8) is 0 Å². The van der Waals surface area contributed by atoms with E-state index < -0.39 is 0 Å². The molecule has 0 saturated carbocycles. The Morgan fingerprint density at radius 1 is 0.872 bits per heavy atom. The second-order valence-corrected chi connectivity index (χ2v) is 10.5. The Hall–Kier alpha value is -5.15. The van der Waals surface area contributed by atoms with Gasteiger partial charge in [0.1, 0.15) is 10.3 Å². The zero-order valence-electron chi connectivity index (χ0n) is 20.4. The minimum absolute atomic E-state index is 0.0429. The fourth-order valence-electron chi connectivity index (χ4n) is 5.12. The number of nitrogens with zero attached hydrogens (tertiary/aromatic N) is 5. The summed E-state index contributed by atoms with van der Waals surface area (Å²) >= 11 is 1.55. The van der Waals surface area contributed by atoms with Gasteiger partial charge in [-0.05, 0) is 35.9 Å². The van der Waals surface area contributed by atoms with Gasteiger partial charge in [-0.1, -0.05) is 42.5 Å². The van der Waals surface area contributed by atoms with E-state index in [9.17, 15) is 4.79 Å². The van der Waals surface area contributed by atoms with E-state index in [-0.39, 0.29) is 12.3 Å². The molecule has 0 fully saturated rings. The zero-order chi connectivity index (χ0) is 25.9. The van der Waals surface area contributed by atoms with Gasteiger partial charge in [0, 0.05) is 27.1 Å². The van der Waals surface area contributed by atoms with E-state index in [1.807, 2.05) is 66.7 Å². The molecule has 8 bridgehead atoms. The summed E-state index contributed by atoms with van der Waals surface area (Å²) < 4.78 is 2.77. The minimum Gasteiger partial charge on any atom is -0.337 e. The quantitative estimate of drug-likeness (QED) is 0.261. The third-order valence-corrected chi connectivity index (χ3v) is 8.09. The van der Waals surface area contributed by atoms with Gasteiger partial charge in [-0.2, -0.15) is 5.10 Å². The van der Waals surface area contributed by atoms with Gasteiger partial charge in [-0.15, -0.1) is 11.3 Å². The van der Waals surface area contributed by atoms with E-state index in [2.05, 4.69) is 31.2 Å². The van der Waals surface area contributed by atoms with Crippen LogP contribution < -0.4 is 0 Å². The molecule has 8 rings (SSSR count). The molecule has 0 spiro atoms. The maximum atomic E-state index is 13.9. The van der Waals surface area contributed by atoms with Crippen LogP contribution in [0.25, 0.3) is 64.4 Å². The van der Waals surface area contributed by atoms with Gasteiger partial charge in [-0.3, -0.25) is 24.4 Å². The second kappa shape index (κ2) is 8.44. The van der Waals surface area contributed by atoms with Crippen molar-refractivity contribution < 1.29 is 4.79 Å². The summed E-state index contributed by atoms with van der Waals surface area (Å²) in [4.78, 5) is 32.3. The highest BCUT2D eigenvalue weighted by molar-refractivity contribution is 7.24. The number of aromatic amines is 2.